The predicted molar refractivity (Wildman–Crippen MR) is 77.7 cm³/mol. The summed E-state index contributed by atoms with van der Waals surface area (Å²) >= 11 is 6.86. The minimum atomic E-state index is 0.528. The van der Waals surface area contributed by atoms with Crippen molar-refractivity contribution in [1.29, 1.82) is 0 Å². The van der Waals surface area contributed by atoms with Crippen LogP contribution in [0, 0.1) is 0 Å². The summed E-state index contributed by atoms with van der Waals surface area (Å²) < 4.78 is 0. The number of nitrogens with one attached hydrogen (secondary N) is 2. The summed E-state index contributed by atoms with van der Waals surface area (Å²) in [5.41, 5.74) is 3.96. The van der Waals surface area contributed by atoms with Gasteiger partial charge in [0.05, 0.1) is 6.21 Å². The van der Waals surface area contributed by atoms with Crippen LogP contribution in [0.15, 0.2) is 21.9 Å². The maximum absolute atomic E-state index is 5.20. The molecule has 3 nitrogen and oxygen atoms in total. The van der Waals surface area contributed by atoms with Gasteiger partial charge in [-0.15, -0.1) is 0 Å². The van der Waals surface area contributed by atoms with E-state index >= 15 is 0 Å². The Balaban J connectivity index is 1.70. The Labute approximate surface area is 111 Å². The summed E-state index contributed by atoms with van der Waals surface area (Å²) in [4.78, 5) is 0. The maximum Gasteiger partial charge on any atom is 0.187 e. The SMILES string of the molecule is S=C(N/N=C\c1ccsc1)NC1CCCCC1. The van der Waals surface area contributed by atoms with E-state index < -0.39 is 0 Å². The molecule has 5 heteroatoms. The second kappa shape index (κ2) is 6.71. The topological polar surface area (TPSA) is 36.4 Å². The lowest BCUT2D eigenvalue weighted by atomic mass is 9.96. The summed E-state index contributed by atoms with van der Waals surface area (Å²) in [6.45, 7) is 0. The molecule has 0 saturated heterocycles. The zero-order valence-corrected chi connectivity index (χ0v) is 11.3. The van der Waals surface area contributed by atoms with Crippen LogP contribution in [-0.4, -0.2) is 17.4 Å². The standard InChI is InChI=1S/C12H17N3S2/c16-12(14-11-4-2-1-3-5-11)15-13-8-10-6-7-17-9-10/h6-9,11H,1-5H2,(H2,14,15,16)/b13-8-. The molecule has 1 saturated carbocycles. The van der Waals surface area contributed by atoms with Crippen LogP contribution in [0.4, 0.5) is 0 Å². The Morgan fingerprint density at radius 2 is 2.24 bits per heavy atom. The highest BCUT2D eigenvalue weighted by atomic mass is 32.1. The molecule has 1 aromatic rings. The summed E-state index contributed by atoms with van der Waals surface area (Å²) in [6, 6.07) is 2.55. The molecule has 0 amide bonds. The molecule has 1 aromatic heterocycles. The number of hydrazone groups is 1. The number of thiophene rings is 1. The van der Waals surface area contributed by atoms with Crippen LogP contribution in [0.3, 0.4) is 0 Å². The fourth-order valence-electron chi connectivity index (χ4n) is 1.98. The molecule has 92 valence electrons. The minimum absolute atomic E-state index is 0.528. The molecule has 0 unspecified atom stereocenters. The number of thiocarbonyl (C=S) groups is 1. The summed E-state index contributed by atoms with van der Waals surface area (Å²) in [6.07, 6.45) is 8.18. The summed E-state index contributed by atoms with van der Waals surface area (Å²) in [7, 11) is 0. The predicted octanol–water partition coefficient (Wildman–Crippen LogP) is 2.88. The monoisotopic (exact) mass is 267 g/mol. The van der Waals surface area contributed by atoms with Gasteiger partial charge in [0.1, 0.15) is 0 Å². The molecule has 0 atom stereocenters. The lowest BCUT2D eigenvalue weighted by Crippen LogP contribution is -2.40. The lowest BCUT2D eigenvalue weighted by molar-refractivity contribution is 0.412. The molecule has 1 aliphatic rings. The zero-order valence-electron chi connectivity index (χ0n) is 9.69. The van der Waals surface area contributed by atoms with Gasteiger partial charge in [-0.05, 0) is 41.9 Å². The van der Waals surface area contributed by atoms with Crippen LogP contribution in [0.1, 0.15) is 37.7 Å². The first-order valence-corrected chi connectivity index (χ1v) is 7.31. The van der Waals surface area contributed by atoms with Crippen molar-refractivity contribution in [2.45, 2.75) is 38.1 Å². The first kappa shape index (κ1) is 12.5. The van der Waals surface area contributed by atoms with Crippen molar-refractivity contribution in [2.24, 2.45) is 5.10 Å². The molecule has 1 aliphatic carbocycles. The van der Waals surface area contributed by atoms with Crippen molar-refractivity contribution in [3.8, 4) is 0 Å². The van der Waals surface area contributed by atoms with E-state index in [0.717, 1.165) is 5.56 Å². The Morgan fingerprint density at radius 1 is 1.41 bits per heavy atom. The average molecular weight is 267 g/mol. The highest BCUT2D eigenvalue weighted by molar-refractivity contribution is 7.80. The molecule has 2 rings (SSSR count). The van der Waals surface area contributed by atoms with Crippen molar-refractivity contribution in [2.75, 3.05) is 0 Å². The van der Waals surface area contributed by atoms with Gasteiger partial charge in [-0.3, -0.25) is 5.43 Å². The van der Waals surface area contributed by atoms with Crippen molar-refractivity contribution >= 4 is 34.9 Å². The molecule has 2 N–H and O–H groups in total. The second-order valence-electron chi connectivity index (χ2n) is 4.24. The van der Waals surface area contributed by atoms with Crippen LogP contribution in [0.25, 0.3) is 0 Å². The average Bonchev–Trinajstić information content (AvgIpc) is 2.83. The van der Waals surface area contributed by atoms with Crippen molar-refractivity contribution < 1.29 is 0 Å². The number of hydrogen-bond donors (Lipinski definition) is 2. The smallest absolute Gasteiger partial charge is 0.187 e. The molecular formula is C12H17N3S2. The molecule has 17 heavy (non-hydrogen) atoms. The third-order valence-corrected chi connectivity index (χ3v) is 3.77. The third-order valence-electron chi connectivity index (χ3n) is 2.86. The molecule has 0 spiro atoms. The molecule has 1 heterocycles. The Bertz CT molecular complexity index is 367. The van der Waals surface area contributed by atoms with E-state index in [9.17, 15) is 0 Å². The van der Waals surface area contributed by atoms with Crippen molar-refractivity contribution in [1.82, 2.24) is 10.7 Å². The normalized spacial score (nSPS) is 17.2. The van der Waals surface area contributed by atoms with E-state index in [-0.39, 0.29) is 0 Å². The quantitative estimate of drug-likeness (QED) is 0.502. The van der Waals surface area contributed by atoms with E-state index in [4.69, 9.17) is 12.2 Å². The Morgan fingerprint density at radius 3 is 2.94 bits per heavy atom. The van der Waals surface area contributed by atoms with Crippen LogP contribution in [0.2, 0.25) is 0 Å². The van der Waals surface area contributed by atoms with Gasteiger partial charge in [-0.2, -0.15) is 16.4 Å². The summed E-state index contributed by atoms with van der Waals surface area (Å²) in [5, 5.41) is 12.1. The molecule has 0 bridgehead atoms. The Hall–Kier alpha value is -0.940. The summed E-state index contributed by atoms with van der Waals surface area (Å²) in [5.74, 6) is 0. The maximum atomic E-state index is 5.20. The number of nitrogens with zero attached hydrogens (tertiary/aromatic N) is 1. The number of hydrogen-bond acceptors (Lipinski definition) is 3. The van der Waals surface area contributed by atoms with Gasteiger partial charge >= 0.3 is 0 Å². The first-order valence-electron chi connectivity index (χ1n) is 5.96. The minimum Gasteiger partial charge on any atom is -0.359 e. The highest BCUT2D eigenvalue weighted by Gasteiger charge is 2.13. The van der Waals surface area contributed by atoms with Crippen molar-refractivity contribution in [3.05, 3.63) is 22.4 Å². The zero-order chi connectivity index (χ0) is 11.9. The second-order valence-corrected chi connectivity index (χ2v) is 5.42. The fraction of sp³-hybridized carbons (Fsp3) is 0.500. The van der Waals surface area contributed by atoms with Crippen LogP contribution < -0.4 is 10.7 Å². The van der Waals surface area contributed by atoms with Crippen LogP contribution in [0.5, 0.6) is 0 Å². The van der Waals surface area contributed by atoms with Crippen LogP contribution >= 0.6 is 23.6 Å². The number of rotatable bonds is 3. The van der Waals surface area contributed by atoms with Gasteiger partial charge in [0.15, 0.2) is 5.11 Å². The van der Waals surface area contributed by atoms with E-state index in [0.29, 0.717) is 11.2 Å². The van der Waals surface area contributed by atoms with Gasteiger partial charge < -0.3 is 5.32 Å². The highest BCUT2D eigenvalue weighted by Crippen LogP contribution is 2.17. The van der Waals surface area contributed by atoms with Gasteiger partial charge in [0.2, 0.25) is 0 Å². The van der Waals surface area contributed by atoms with Gasteiger partial charge in [-0.25, -0.2) is 0 Å². The van der Waals surface area contributed by atoms with E-state index in [1.165, 1.54) is 32.1 Å². The third kappa shape index (κ3) is 4.44. The first-order chi connectivity index (χ1) is 8.34. The van der Waals surface area contributed by atoms with Crippen LogP contribution in [-0.2, 0) is 0 Å². The molecule has 0 aromatic carbocycles. The van der Waals surface area contributed by atoms with Gasteiger partial charge in [0.25, 0.3) is 0 Å². The van der Waals surface area contributed by atoms with E-state index in [1.807, 2.05) is 16.8 Å². The van der Waals surface area contributed by atoms with Gasteiger partial charge in [-0.1, -0.05) is 19.3 Å². The molecule has 0 aliphatic heterocycles. The Kier molecular flexibility index (Phi) is 4.94. The van der Waals surface area contributed by atoms with Gasteiger partial charge in [0, 0.05) is 11.6 Å². The lowest BCUT2D eigenvalue weighted by Gasteiger charge is -2.23. The van der Waals surface area contributed by atoms with Crippen molar-refractivity contribution in [3.63, 3.8) is 0 Å². The fourth-order valence-corrected chi connectivity index (χ4v) is 2.81. The largest absolute Gasteiger partial charge is 0.359 e. The van der Waals surface area contributed by atoms with E-state index in [2.05, 4.69) is 15.8 Å². The van der Waals surface area contributed by atoms with E-state index in [1.54, 1.807) is 17.6 Å². The molecule has 1 fully saturated rings. The molecule has 0 radical (unpaired) electrons. The molecular weight excluding hydrogens is 250 g/mol.